The van der Waals surface area contributed by atoms with Gasteiger partial charge in [-0.15, -0.1) is 0 Å². The number of hydrogen-bond acceptors (Lipinski definition) is 6. The smallest absolute Gasteiger partial charge is 0.481 e. The zero-order valence-electron chi connectivity index (χ0n) is 23.4. The minimum Gasteiger partial charge on any atom is -0.481 e. The number of aromatic nitrogens is 1. The fourth-order valence-electron chi connectivity index (χ4n) is 3.74. The SMILES string of the molecule is Cc1ccnc(NCCCCC(=O)NCC(=O)NC(CC(=O)O)c2ccc(-c3ccccc3)cc2)c1.O=C(O)C(F)(F)F. The number of carboxylic acids is 2. The molecule has 0 bridgehead atoms. The molecule has 13 heteroatoms. The molecule has 0 spiro atoms. The molecule has 0 aliphatic heterocycles. The molecule has 0 saturated carbocycles. The van der Waals surface area contributed by atoms with Crippen LogP contribution < -0.4 is 16.0 Å². The topological polar surface area (TPSA) is 158 Å². The van der Waals surface area contributed by atoms with E-state index < -0.39 is 30.1 Å². The van der Waals surface area contributed by atoms with Gasteiger partial charge in [-0.1, -0.05) is 54.6 Å². The Bertz CT molecular complexity index is 1350. The zero-order valence-corrected chi connectivity index (χ0v) is 23.4. The number of halogens is 3. The summed E-state index contributed by atoms with van der Waals surface area (Å²) < 4.78 is 31.7. The van der Waals surface area contributed by atoms with E-state index in [1.54, 1.807) is 6.20 Å². The van der Waals surface area contributed by atoms with Crippen molar-refractivity contribution in [3.05, 3.63) is 84.1 Å². The second-order valence-electron chi connectivity index (χ2n) is 9.39. The van der Waals surface area contributed by atoms with Crippen LogP contribution in [-0.4, -0.2) is 58.2 Å². The molecule has 10 nitrogen and oxygen atoms in total. The van der Waals surface area contributed by atoms with Crippen molar-refractivity contribution in [2.75, 3.05) is 18.4 Å². The van der Waals surface area contributed by atoms with Crippen LogP contribution in [0.2, 0.25) is 0 Å². The van der Waals surface area contributed by atoms with Crippen molar-refractivity contribution < 1.29 is 42.6 Å². The molecule has 0 radical (unpaired) electrons. The number of carboxylic acid groups (broad SMARTS) is 2. The lowest BCUT2D eigenvalue weighted by Crippen LogP contribution is -2.39. The normalized spacial score (nSPS) is 11.3. The van der Waals surface area contributed by atoms with Gasteiger partial charge in [0.25, 0.3) is 0 Å². The summed E-state index contributed by atoms with van der Waals surface area (Å²) in [5, 5.41) is 25.0. The molecule has 5 N–H and O–H groups in total. The Morgan fingerprint density at radius 3 is 2.09 bits per heavy atom. The number of carbonyl (C=O) groups excluding carboxylic acids is 2. The minimum absolute atomic E-state index is 0.206. The summed E-state index contributed by atoms with van der Waals surface area (Å²) in [5.41, 5.74) is 3.86. The van der Waals surface area contributed by atoms with Crippen LogP contribution in [-0.2, 0) is 19.2 Å². The Morgan fingerprint density at radius 1 is 0.884 bits per heavy atom. The molecule has 1 atom stereocenters. The van der Waals surface area contributed by atoms with Gasteiger partial charge in [0.2, 0.25) is 11.8 Å². The van der Waals surface area contributed by atoms with Crippen molar-refractivity contribution in [2.24, 2.45) is 0 Å². The van der Waals surface area contributed by atoms with Crippen LogP contribution in [0.3, 0.4) is 0 Å². The number of benzene rings is 2. The highest BCUT2D eigenvalue weighted by molar-refractivity contribution is 5.85. The van der Waals surface area contributed by atoms with Crippen LogP contribution >= 0.6 is 0 Å². The molecule has 1 unspecified atom stereocenters. The summed E-state index contributed by atoms with van der Waals surface area (Å²) in [5.74, 6) is -3.63. The molecule has 2 amide bonds. The second-order valence-corrected chi connectivity index (χ2v) is 9.39. The first-order chi connectivity index (χ1) is 20.3. The van der Waals surface area contributed by atoms with Gasteiger partial charge in [0.05, 0.1) is 19.0 Å². The van der Waals surface area contributed by atoms with Crippen LogP contribution in [0.5, 0.6) is 0 Å². The number of aryl methyl sites for hydroxylation is 1. The second kappa shape index (κ2) is 17.1. The Hall–Kier alpha value is -4.94. The molecule has 0 saturated heterocycles. The van der Waals surface area contributed by atoms with Crippen molar-refractivity contribution in [3.8, 4) is 11.1 Å². The van der Waals surface area contributed by atoms with E-state index in [0.29, 0.717) is 24.9 Å². The summed E-state index contributed by atoms with van der Waals surface area (Å²) in [6.45, 7) is 2.49. The standard InChI is InChI=1S/C28H32N4O4.C2HF3O2/c1-20-14-16-30-25(17-20)29-15-6-5-9-26(33)31-19-27(34)32-24(18-28(35)36)23-12-10-22(11-13-23)21-7-3-2-4-8-21;3-2(4,5)1(6)7/h2-4,7-8,10-14,16-17,24H,5-6,9,15,18-19H2,1H3,(H,29,30)(H,31,33)(H,32,34)(H,35,36);(H,6,7). The lowest BCUT2D eigenvalue weighted by atomic mass is 9.99. The fraction of sp³-hybridized carbons (Fsp3) is 0.300. The number of carbonyl (C=O) groups is 4. The maximum atomic E-state index is 12.4. The van der Waals surface area contributed by atoms with Crippen LogP contribution in [0.15, 0.2) is 72.9 Å². The molecule has 1 heterocycles. The molecule has 3 aromatic rings. The molecule has 0 aliphatic carbocycles. The fourth-order valence-corrected chi connectivity index (χ4v) is 3.74. The number of hydrogen-bond donors (Lipinski definition) is 5. The van der Waals surface area contributed by atoms with E-state index in [-0.39, 0.29) is 18.9 Å². The van der Waals surface area contributed by atoms with Gasteiger partial charge in [0.15, 0.2) is 0 Å². The summed E-state index contributed by atoms with van der Waals surface area (Å²) in [4.78, 5) is 49.0. The van der Waals surface area contributed by atoms with Gasteiger partial charge >= 0.3 is 18.1 Å². The highest BCUT2D eigenvalue weighted by Gasteiger charge is 2.38. The maximum absolute atomic E-state index is 12.4. The van der Waals surface area contributed by atoms with Gasteiger partial charge in [-0.25, -0.2) is 9.78 Å². The van der Waals surface area contributed by atoms with Gasteiger partial charge in [-0.05, 0) is 54.2 Å². The summed E-state index contributed by atoms with van der Waals surface area (Å²) >= 11 is 0. The van der Waals surface area contributed by atoms with E-state index in [2.05, 4.69) is 20.9 Å². The van der Waals surface area contributed by atoms with Crippen LogP contribution in [0.25, 0.3) is 11.1 Å². The third-order valence-corrected chi connectivity index (χ3v) is 5.87. The Morgan fingerprint density at radius 2 is 1.51 bits per heavy atom. The largest absolute Gasteiger partial charge is 0.490 e. The van der Waals surface area contributed by atoms with E-state index in [4.69, 9.17) is 9.90 Å². The van der Waals surface area contributed by atoms with Crippen LogP contribution in [0, 0.1) is 6.92 Å². The molecule has 1 aromatic heterocycles. The summed E-state index contributed by atoms with van der Waals surface area (Å²) in [6.07, 6.45) is -1.84. The number of unbranched alkanes of at least 4 members (excludes halogenated alkanes) is 1. The monoisotopic (exact) mass is 602 g/mol. The molecular weight excluding hydrogens is 569 g/mol. The highest BCUT2D eigenvalue weighted by atomic mass is 19.4. The predicted octanol–water partition coefficient (Wildman–Crippen LogP) is 4.72. The number of nitrogens with one attached hydrogen (secondary N) is 3. The van der Waals surface area contributed by atoms with Gasteiger partial charge < -0.3 is 26.2 Å². The maximum Gasteiger partial charge on any atom is 0.490 e. The van der Waals surface area contributed by atoms with Crippen molar-refractivity contribution >= 4 is 29.6 Å². The quantitative estimate of drug-likeness (QED) is 0.176. The van der Waals surface area contributed by atoms with Gasteiger partial charge in [0, 0.05) is 19.2 Å². The Balaban J connectivity index is 0.000000821. The van der Waals surface area contributed by atoms with Gasteiger partial charge in [0.1, 0.15) is 5.82 Å². The third kappa shape index (κ3) is 13.5. The molecule has 43 heavy (non-hydrogen) atoms. The molecule has 0 aliphatic rings. The third-order valence-electron chi connectivity index (χ3n) is 5.87. The van der Waals surface area contributed by atoms with E-state index in [1.165, 1.54) is 0 Å². The predicted molar refractivity (Wildman–Crippen MR) is 153 cm³/mol. The number of pyridine rings is 1. The first kappa shape index (κ1) is 34.3. The number of aliphatic carboxylic acids is 2. The van der Waals surface area contributed by atoms with E-state index in [9.17, 15) is 32.7 Å². The van der Waals surface area contributed by atoms with Crippen LogP contribution in [0.1, 0.15) is 42.9 Å². The van der Waals surface area contributed by atoms with Gasteiger partial charge in [-0.2, -0.15) is 13.2 Å². The van der Waals surface area contributed by atoms with Crippen molar-refractivity contribution in [1.29, 1.82) is 0 Å². The molecular formula is C30H33F3N4O6. The molecule has 230 valence electrons. The average Bonchev–Trinajstić information content (AvgIpc) is 2.96. The Labute approximate surface area is 246 Å². The number of anilines is 1. The lowest BCUT2D eigenvalue weighted by molar-refractivity contribution is -0.192. The van der Waals surface area contributed by atoms with Crippen molar-refractivity contribution in [3.63, 3.8) is 0 Å². The number of rotatable bonds is 13. The summed E-state index contributed by atoms with van der Waals surface area (Å²) in [7, 11) is 0. The minimum atomic E-state index is -5.08. The lowest BCUT2D eigenvalue weighted by Gasteiger charge is -2.18. The van der Waals surface area contributed by atoms with Crippen molar-refractivity contribution in [1.82, 2.24) is 15.6 Å². The van der Waals surface area contributed by atoms with E-state index in [0.717, 1.165) is 28.9 Å². The van der Waals surface area contributed by atoms with Gasteiger partial charge in [-0.3, -0.25) is 14.4 Å². The number of alkyl halides is 3. The highest BCUT2D eigenvalue weighted by Crippen LogP contribution is 2.23. The zero-order chi connectivity index (χ0) is 31.8. The molecule has 3 rings (SSSR count). The number of nitrogens with zero attached hydrogens (tertiary/aromatic N) is 1. The Kier molecular flexibility index (Phi) is 13.6. The first-order valence-electron chi connectivity index (χ1n) is 13.2. The summed E-state index contributed by atoms with van der Waals surface area (Å²) in [6, 6.07) is 20.4. The molecule has 0 fully saturated rings. The average molecular weight is 603 g/mol. The first-order valence-corrected chi connectivity index (χ1v) is 13.2. The van der Waals surface area contributed by atoms with Crippen molar-refractivity contribution in [2.45, 2.75) is 44.8 Å². The molecule has 2 aromatic carbocycles. The number of amides is 2. The van der Waals surface area contributed by atoms with Crippen LogP contribution in [0.4, 0.5) is 19.0 Å². The van der Waals surface area contributed by atoms with E-state index in [1.807, 2.05) is 73.7 Å². The van der Waals surface area contributed by atoms with E-state index >= 15 is 0 Å².